The molecule has 0 aliphatic rings. The van der Waals surface area contributed by atoms with Gasteiger partial charge in [0.05, 0.1) is 0 Å². The minimum Gasteiger partial charge on any atom is -0.371 e. The Morgan fingerprint density at radius 2 is 1.82 bits per heavy atom. The first-order valence-corrected chi connectivity index (χ1v) is 7.97. The van der Waals surface area contributed by atoms with Gasteiger partial charge in [0, 0.05) is 19.3 Å². The van der Waals surface area contributed by atoms with E-state index >= 15 is 0 Å². The number of benzene rings is 1. The summed E-state index contributed by atoms with van der Waals surface area (Å²) < 4.78 is 0. The highest BCUT2D eigenvalue weighted by Gasteiger charge is 2.04. The maximum atomic E-state index is 3.98. The van der Waals surface area contributed by atoms with Crippen molar-refractivity contribution in [2.45, 2.75) is 40.7 Å². The first kappa shape index (κ1) is 18.0. The van der Waals surface area contributed by atoms with Crippen LogP contribution in [-0.2, 0) is 6.54 Å². The van der Waals surface area contributed by atoms with Gasteiger partial charge in [-0.2, -0.15) is 0 Å². The van der Waals surface area contributed by atoms with Gasteiger partial charge in [0.25, 0.3) is 0 Å². The first-order valence-electron chi connectivity index (χ1n) is 7.97. The molecule has 1 aromatic rings. The maximum absolute atomic E-state index is 3.98. The molecule has 1 rings (SSSR count). The predicted octanol–water partition coefficient (Wildman–Crippen LogP) is 5.97. The molecule has 0 bridgehead atoms. The van der Waals surface area contributed by atoms with Crippen LogP contribution in [0.4, 0.5) is 0 Å². The van der Waals surface area contributed by atoms with Crippen LogP contribution in [0.5, 0.6) is 0 Å². The van der Waals surface area contributed by atoms with Gasteiger partial charge in [0.2, 0.25) is 0 Å². The van der Waals surface area contributed by atoms with Gasteiger partial charge in [-0.05, 0) is 50.0 Å². The van der Waals surface area contributed by atoms with Crippen LogP contribution >= 0.6 is 0 Å². The molecule has 22 heavy (non-hydrogen) atoms. The van der Waals surface area contributed by atoms with Crippen molar-refractivity contribution in [2.75, 3.05) is 7.05 Å². The third kappa shape index (κ3) is 5.40. The zero-order valence-electron chi connectivity index (χ0n) is 14.7. The van der Waals surface area contributed by atoms with E-state index in [1.807, 2.05) is 13.8 Å². The van der Waals surface area contributed by atoms with E-state index in [1.165, 1.54) is 22.4 Å². The van der Waals surface area contributed by atoms with E-state index in [4.69, 9.17) is 0 Å². The van der Waals surface area contributed by atoms with E-state index in [9.17, 15) is 0 Å². The number of rotatable bonds is 7. The van der Waals surface area contributed by atoms with Crippen molar-refractivity contribution in [2.24, 2.45) is 0 Å². The molecule has 1 nitrogen and oxygen atoms in total. The van der Waals surface area contributed by atoms with Crippen LogP contribution in [0, 0.1) is 0 Å². The van der Waals surface area contributed by atoms with Gasteiger partial charge in [-0.25, -0.2) is 0 Å². The summed E-state index contributed by atoms with van der Waals surface area (Å²) in [6, 6.07) is 8.87. The van der Waals surface area contributed by atoms with Crippen LogP contribution in [0.2, 0.25) is 0 Å². The fourth-order valence-corrected chi connectivity index (χ4v) is 2.49. The average Bonchev–Trinajstić information content (AvgIpc) is 2.50. The lowest BCUT2D eigenvalue weighted by Crippen LogP contribution is -2.15. The third-order valence-electron chi connectivity index (χ3n) is 3.62. The molecule has 118 valence electrons. The van der Waals surface area contributed by atoms with E-state index in [2.05, 4.69) is 80.9 Å². The summed E-state index contributed by atoms with van der Waals surface area (Å²) in [6.07, 6.45) is 9.55. The second kappa shape index (κ2) is 9.09. The van der Waals surface area contributed by atoms with E-state index in [0.29, 0.717) is 0 Å². The van der Waals surface area contributed by atoms with Gasteiger partial charge < -0.3 is 4.90 Å². The van der Waals surface area contributed by atoms with Crippen LogP contribution in [0.15, 0.2) is 66.4 Å². The summed E-state index contributed by atoms with van der Waals surface area (Å²) in [5.74, 6) is 0. The van der Waals surface area contributed by atoms with Crippen molar-refractivity contribution >= 4 is 5.57 Å². The topological polar surface area (TPSA) is 3.24 Å². The van der Waals surface area contributed by atoms with Crippen LogP contribution in [0.1, 0.15) is 45.2 Å². The van der Waals surface area contributed by atoms with Gasteiger partial charge in [-0.15, -0.1) is 0 Å². The quantitative estimate of drug-likeness (QED) is 0.560. The molecule has 0 aliphatic heterocycles. The Morgan fingerprint density at radius 3 is 2.27 bits per heavy atom. The van der Waals surface area contributed by atoms with Gasteiger partial charge in [-0.1, -0.05) is 61.6 Å². The Hall–Kier alpha value is -2.02. The molecule has 0 spiro atoms. The molecule has 0 amide bonds. The molecule has 0 aliphatic carbocycles. The van der Waals surface area contributed by atoms with Crippen molar-refractivity contribution in [3.63, 3.8) is 0 Å². The predicted molar refractivity (Wildman–Crippen MR) is 99.6 cm³/mol. The van der Waals surface area contributed by atoms with Crippen LogP contribution in [0.25, 0.3) is 5.57 Å². The Bertz CT molecular complexity index is 570. The number of allylic oxidation sites excluding steroid dienone is 6. The summed E-state index contributed by atoms with van der Waals surface area (Å²) in [4.78, 5) is 2.26. The molecule has 0 heterocycles. The summed E-state index contributed by atoms with van der Waals surface area (Å²) in [5, 5.41) is 0. The van der Waals surface area contributed by atoms with E-state index in [0.717, 1.165) is 18.5 Å². The molecule has 0 N–H and O–H groups in total. The molecule has 0 saturated carbocycles. The Balaban J connectivity index is 2.87. The van der Waals surface area contributed by atoms with Crippen molar-refractivity contribution in [3.05, 3.63) is 77.5 Å². The highest BCUT2D eigenvalue weighted by Crippen LogP contribution is 2.21. The zero-order chi connectivity index (χ0) is 16.5. The zero-order valence-corrected chi connectivity index (χ0v) is 14.7. The second-order valence-electron chi connectivity index (χ2n) is 5.64. The van der Waals surface area contributed by atoms with Crippen molar-refractivity contribution in [3.8, 4) is 0 Å². The number of nitrogens with zero attached hydrogens (tertiary/aromatic N) is 1. The lowest BCUT2D eigenvalue weighted by atomic mass is 10.00. The van der Waals surface area contributed by atoms with Crippen LogP contribution in [0.3, 0.4) is 0 Å². The van der Waals surface area contributed by atoms with Gasteiger partial charge in [0.15, 0.2) is 0 Å². The molecule has 0 unspecified atom stereocenters. The fraction of sp³-hybridized carbons (Fsp3) is 0.333. The SMILES string of the molecule is C=C(C)/C=C(\CC)c1ccc(CN(C)C(/C=C\C)=C/C)cc1. The number of likely N-dealkylation sites (N-methyl/N-ethyl adjacent to an activating group) is 1. The molecule has 0 saturated heterocycles. The van der Waals surface area contributed by atoms with E-state index in [1.54, 1.807) is 0 Å². The maximum Gasteiger partial charge on any atom is 0.0426 e. The van der Waals surface area contributed by atoms with Crippen LogP contribution < -0.4 is 0 Å². The van der Waals surface area contributed by atoms with Crippen molar-refractivity contribution < 1.29 is 0 Å². The van der Waals surface area contributed by atoms with Gasteiger partial charge in [-0.3, -0.25) is 0 Å². The second-order valence-corrected chi connectivity index (χ2v) is 5.64. The highest BCUT2D eigenvalue weighted by atomic mass is 15.1. The van der Waals surface area contributed by atoms with Crippen molar-refractivity contribution in [1.82, 2.24) is 4.90 Å². The molecule has 0 radical (unpaired) electrons. The lowest BCUT2D eigenvalue weighted by Gasteiger charge is -2.20. The Morgan fingerprint density at radius 1 is 1.18 bits per heavy atom. The molecule has 0 aromatic heterocycles. The monoisotopic (exact) mass is 295 g/mol. The molecule has 1 aromatic carbocycles. The average molecular weight is 295 g/mol. The minimum absolute atomic E-state index is 0.913. The Kier molecular flexibility index (Phi) is 7.45. The normalized spacial score (nSPS) is 12.8. The molecule has 1 heteroatoms. The first-order chi connectivity index (χ1) is 10.5. The molecule has 0 atom stereocenters. The standard InChI is InChI=1S/C21H29N/c1-7-10-21(9-3)22(6)16-18-11-13-20(14-12-18)19(8-2)15-17(4)5/h7,9-15H,4,8,16H2,1-3,5-6H3/b10-7-,19-15+,21-9+. The number of hydrogen-bond donors (Lipinski definition) is 0. The number of hydrogen-bond acceptors (Lipinski definition) is 1. The molecular formula is C21H29N. The minimum atomic E-state index is 0.913. The summed E-state index contributed by atoms with van der Waals surface area (Å²) >= 11 is 0. The lowest BCUT2D eigenvalue weighted by molar-refractivity contribution is 0.423. The summed E-state index contributed by atoms with van der Waals surface area (Å²) in [6.45, 7) is 13.2. The highest BCUT2D eigenvalue weighted by molar-refractivity contribution is 5.67. The van der Waals surface area contributed by atoms with E-state index < -0.39 is 0 Å². The smallest absolute Gasteiger partial charge is 0.0426 e. The third-order valence-corrected chi connectivity index (χ3v) is 3.62. The molecule has 0 fully saturated rings. The fourth-order valence-electron chi connectivity index (χ4n) is 2.49. The molecular weight excluding hydrogens is 266 g/mol. The summed E-state index contributed by atoms with van der Waals surface area (Å²) in [7, 11) is 2.13. The summed E-state index contributed by atoms with van der Waals surface area (Å²) in [5.41, 5.74) is 6.29. The Labute approximate surface area is 136 Å². The van der Waals surface area contributed by atoms with Crippen LogP contribution in [-0.4, -0.2) is 11.9 Å². The van der Waals surface area contributed by atoms with E-state index in [-0.39, 0.29) is 0 Å². The van der Waals surface area contributed by atoms with Crippen molar-refractivity contribution in [1.29, 1.82) is 0 Å². The van der Waals surface area contributed by atoms with Gasteiger partial charge in [0.1, 0.15) is 0 Å². The largest absolute Gasteiger partial charge is 0.371 e. The van der Waals surface area contributed by atoms with Gasteiger partial charge >= 0.3 is 0 Å².